The molecule has 0 aromatic heterocycles. The number of hydrogen-bond acceptors (Lipinski definition) is 4. The molecule has 0 radical (unpaired) electrons. The Labute approximate surface area is 57.6 Å². The van der Waals surface area contributed by atoms with E-state index in [9.17, 15) is 0 Å². The van der Waals surface area contributed by atoms with Gasteiger partial charge in [0.15, 0.2) is 0 Å². The van der Waals surface area contributed by atoms with E-state index in [4.69, 9.17) is 4.74 Å². The van der Waals surface area contributed by atoms with Gasteiger partial charge < -0.3 is 4.74 Å². The van der Waals surface area contributed by atoms with Crippen molar-refractivity contribution in [2.45, 2.75) is 0 Å². The van der Waals surface area contributed by atoms with Crippen LogP contribution in [0.4, 0.5) is 0 Å². The van der Waals surface area contributed by atoms with Crippen LogP contribution < -0.4 is 5.43 Å². The minimum absolute atomic E-state index is 0.796. The van der Waals surface area contributed by atoms with Gasteiger partial charge >= 0.3 is 0 Å². The fourth-order valence-electron chi connectivity index (χ4n) is 0.747. The third-order valence-corrected chi connectivity index (χ3v) is 1.21. The molecular weight excluding hydrogens is 130 g/mol. The first-order valence-corrected chi connectivity index (χ1v) is 2.85. The second-order valence-corrected chi connectivity index (χ2v) is 1.84. The van der Waals surface area contributed by atoms with Crippen LogP contribution in [0.5, 0.6) is 0 Å². The highest BCUT2D eigenvalue weighted by Gasteiger charge is 2.08. The molecule has 0 atom stereocenters. The highest BCUT2D eigenvalue weighted by atomic mass is 16.5. The second-order valence-electron chi connectivity index (χ2n) is 1.84. The summed E-state index contributed by atoms with van der Waals surface area (Å²) >= 11 is 0. The number of rotatable bonds is 0. The quantitative estimate of drug-likeness (QED) is 0.521. The van der Waals surface area contributed by atoms with Crippen molar-refractivity contribution in [2.24, 2.45) is 10.1 Å². The second kappa shape index (κ2) is 1.98. The van der Waals surface area contributed by atoms with E-state index < -0.39 is 0 Å². The SMILES string of the molecule is C1=CC2=NC=NNC2=CO1. The number of hydrazone groups is 1. The molecule has 2 rings (SSSR count). The molecule has 0 aromatic carbocycles. The lowest BCUT2D eigenvalue weighted by atomic mass is 10.2. The van der Waals surface area contributed by atoms with Crippen molar-refractivity contribution in [3.63, 3.8) is 0 Å². The van der Waals surface area contributed by atoms with Crippen molar-refractivity contribution in [3.05, 3.63) is 24.3 Å². The smallest absolute Gasteiger partial charge is 0.136 e. The van der Waals surface area contributed by atoms with Gasteiger partial charge in [-0.15, -0.1) is 0 Å². The van der Waals surface area contributed by atoms with Gasteiger partial charge in [0.05, 0.1) is 12.0 Å². The summed E-state index contributed by atoms with van der Waals surface area (Å²) < 4.78 is 4.88. The topological polar surface area (TPSA) is 46.0 Å². The van der Waals surface area contributed by atoms with E-state index in [0.717, 1.165) is 11.4 Å². The van der Waals surface area contributed by atoms with Crippen molar-refractivity contribution >= 4 is 12.1 Å². The molecule has 0 fully saturated rings. The summed E-state index contributed by atoms with van der Waals surface area (Å²) in [7, 11) is 0. The monoisotopic (exact) mass is 135 g/mol. The number of allylic oxidation sites excluding steroid dienone is 1. The van der Waals surface area contributed by atoms with Gasteiger partial charge in [0.2, 0.25) is 0 Å². The zero-order valence-electron chi connectivity index (χ0n) is 5.11. The van der Waals surface area contributed by atoms with Crippen molar-refractivity contribution in [1.82, 2.24) is 5.43 Å². The maximum absolute atomic E-state index is 4.88. The van der Waals surface area contributed by atoms with E-state index in [1.807, 2.05) is 0 Å². The summed E-state index contributed by atoms with van der Waals surface area (Å²) in [5.74, 6) is 0. The Balaban J connectivity index is 2.39. The molecule has 0 unspecified atom stereocenters. The van der Waals surface area contributed by atoms with Crippen LogP contribution in [0.1, 0.15) is 0 Å². The molecule has 2 heterocycles. The largest absolute Gasteiger partial charge is 0.470 e. The van der Waals surface area contributed by atoms with Gasteiger partial charge in [0, 0.05) is 6.08 Å². The minimum Gasteiger partial charge on any atom is -0.470 e. The molecular formula is C6H5N3O. The molecule has 2 aliphatic heterocycles. The van der Waals surface area contributed by atoms with Gasteiger partial charge in [-0.25, -0.2) is 4.99 Å². The van der Waals surface area contributed by atoms with Crippen molar-refractivity contribution in [1.29, 1.82) is 0 Å². The summed E-state index contributed by atoms with van der Waals surface area (Å²) in [6, 6.07) is 0. The summed E-state index contributed by atoms with van der Waals surface area (Å²) in [6.07, 6.45) is 6.37. The van der Waals surface area contributed by atoms with Crippen molar-refractivity contribution in [2.75, 3.05) is 0 Å². The first-order chi connectivity index (χ1) is 4.97. The minimum atomic E-state index is 0.796. The molecule has 10 heavy (non-hydrogen) atoms. The third kappa shape index (κ3) is 0.699. The van der Waals surface area contributed by atoms with E-state index >= 15 is 0 Å². The molecule has 0 bridgehead atoms. The van der Waals surface area contributed by atoms with Crippen molar-refractivity contribution < 1.29 is 4.74 Å². The van der Waals surface area contributed by atoms with Crippen LogP contribution in [0.2, 0.25) is 0 Å². The molecule has 0 saturated heterocycles. The normalized spacial score (nSPS) is 20.0. The highest BCUT2D eigenvalue weighted by Crippen LogP contribution is 2.05. The van der Waals surface area contributed by atoms with Crippen LogP contribution >= 0.6 is 0 Å². The lowest BCUT2D eigenvalue weighted by Gasteiger charge is -2.11. The number of ether oxygens (including phenoxy) is 1. The Morgan fingerprint density at radius 1 is 1.50 bits per heavy atom. The zero-order valence-corrected chi connectivity index (χ0v) is 5.11. The van der Waals surface area contributed by atoms with Crippen LogP contribution in [0.3, 0.4) is 0 Å². The van der Waals surface area contributed by atoms with Gasteiger partial charge in [-0.2, -0.15) is 5.10 Å². The van der Waals surface area contributed by atoms with Crippen LogP contribution in [-0.4, -0.2) is 12.1 Å². The van der Waals surface area contributed by atoms with E-state index in [0.29, 0.717) is 0 Å². The van der Waals surface area contributed by atoms with Gasteiger partial charge in [-0.1, -0.05) is 0 Å². The van der Waals surface area contributed by atoms with Gasteiger partial charge in [0.1, 0.15) is 18.3 Å². The number of nitrogens with zero attached hydrogens (tertiary/aromatic N) is 2. The van der Waals surface area contributed by atoms with E-state index in [-0.39, 0.29) is 0 Å². The summed E-state index contributed by atoms with van der Waals surface area (Å²) in [5.41, 5.74) is 4.39. The zero-order chi connectivity index (χ0) is 6.81. The molecule has 0 aromatic rings. The maximum atomic E-state index is 4.88. The molecule has 0 spiro atoms. The van der Waals surface area contributed by atoms with Crippen LogP contribution in [0.15, 0.2) is 34.4 Å². The number of nitrogens with one attached hydrogen (secondary N) is 1. The van der Waals surface area contributed by atoms with Gasteiger partial charge in [-0.05, 0) is 0 Å². The Bertz CT molecular complexity index is 262. The summed E-state index contributed by atoms with van der Waals surface area (Å²) in [5, 5.41) is 3.72. The number of hydrogen-bond donors (Lipinski definition) is 1. The molecule has 1 N–H and O–H groups in total. The van der Waals surface area contributed by atoms with Crippen LogP contribution in [0, 0.1) is 0 Å². The van der Waals surface area contributed by atoms with Crippen molar-refractivity contribution in [3.8, 4) is 0 Å². The Hall–Kier alpha value is -1.58. The first-order valence-electron chi connectivity index (χ1n) is 2.85. The van der Waals surface area contributed by atoms with E-state index in [2.05, 4.69) is 15.5 Å². The van der Waals surface area contributed by atoms with E-state index in [1.54, 1.807) is 18.6 Å². The fraction of sp³-hybridized carbons (Fsp3) is 0. The molecule has 0 saturated carbocycles. The Morgan fingerprint density at radius 2 is 2.50 bits per heavy atom. The average molecular weight is 135 g/mol. The highest BCUT2D eigenvalue weighted by molar-refractivity contribution is 6.11. The number of fused-ring (bicyclic) bond motifs is 1. The maximum Gasteiger partial charge on any atom is 0.136 e. The summed E-state index contributed by atoms with van der Waals surface area (Å²) in [4.78, 5) is 3.98. The fourth-order valence-corrected chi connectivity index (χ4v) is 0.747. The standard InChI is InChI=1S/C6H5N3O/c1-2-10-3-6-5(1)7-4-8-9-6/h1-4,9H. The molecule has 2 aliphatic rings. The van der Waals surface area contributed by atoms with E-state index in [1.165, 1.54) is 6.34 Å². The van der Waals surface area contributed by atoms with Crippen LogP contribution in [-0.2, 0) is 4.74 Å². The molecule has 0 aliphatic carbocycles. The lowest BCUT2D eigenvalue weighted by Crippen LogP contribution is -2.19. The number of aliphatic imine (C=N–C) groups is 1. The molecule has 4 heteroatoms. The van der Waals surface area contributed by atoms with Crippen LogP contribution in [0.25, 0.3) is 0 Å². The Kier molecular flexibility index (Phi) is 1.04. The third-order valence-electron chi connectivity index (χ3n) is 1.21. The van der Waals surface area contributed by atoms with Gasteiger partial charge in [-0.3, -0.25) is 5.43 Å². The first kappa shape index (κ1) is 5.22. The predicted octanol–water partition coefficient (Wildman–Crippen LogP) is 0.359. The molecule has 50 valence electrons. The van der Waals surface area contributed by atoms with Gasteiger partial charge in [0.25, 0.3) is 0 Å². The predicted molar refractivity (Wildman–Crippen MR) is 37.4 cm³/mol. The Morgan fingerprint density at radius 3 is 3.40 bits per heavy atom. The lowest BCUT2D eigenvalue weighted by molar-refractivity contribution is 0.394. The summed E-state index contributed by atoms with van der Waals surface area (Å²) in [6.45, 7) is 0. The average Bonchev–Trinajstić information content (AvgIpc) is 2.05. The molecule has 0 amide bonds. The molecule has 4 nitrogen and oxygen atoms in total.